The van der Waals surface area contributed by atoms with Gasteiger partial charge < -0.3 is 10.1 Å². The second-order valence-electron chi connectivity index (χ2n) is 5.06. The zero-order valence-corrected chi connectivity index (χ0v) is 12.3. The van der Waals surface area contributed by atoms with Gasteiger partial charge in [0.05, 0.1) is 7.11 Å². The van der Waals surface area contributed by atoms with Gasteiger partial charge in [0, 0.05) is 11.7 Å². The average Bonchev–Trinajstić information content (AvgIpc) is 2.42. The lowest BCUT2D eigenvalue weighted by Crippen LogP contribution is -2.07. The third kappa shape index (κ3) is 3.10. The first-order chi connectivity index (χ1) is 9.51. The quantitative estimate of drug-likeness (QED) is 0.877. The Bertz CT molecular complexity index is 610. The van der Waals surface area contributed by atoms with Crippen LogP contribution in [0.25, 0.3) is 0 Å². The van der Waals surface area contributed by atoms with Gasteiger partial charge in [0.1, 0.15) is 0 Å². The van der Waals surface area contributed by atoms with Gasteiger partial charge in [-0.15, -0.1) is 0 Å². The summed E-state index contributed by atoms with van der Waals surface area (Å²) in [5.74, 6) is -0.0640. The highest BCUT2D eigenvalue weighted by Gasteiger charge is 2.09. The van der Waals surface area contributed by atoms with Crippen molar-refractivity contribution >= 4 is 5.69 Å². The molecule has 3 heteroatoms. The fourth-order valence-electron chi connectivity index (χ4n) is 2.12. The standard InChI is InChI=1S/C17H20FNO/c1-11-5-7-15(9-12(11)2)19-13(3)14-6-8-17(20-4)16(18)10-14/h5-10,13,19H,1-4H3. The van der Waals surface area contributed by atoms with Crippen molar-refractivity contribution in [3.8, 4) is 5.75 Å². The zero-order chi connectivity index (χ0) is 14.7. The van der Waals surface area contributed by atoms with Gasteiger partial charge in [-0.2, -0.15) is 0 Å². The van der Waals surface area contributed by atoms with Gasteiger partial charge in [-0.25, -0.2) is 4.39 Å². The van der Waals surface area contributed by atoms with Gasteiger partial charge in [0.15, 0.2) is 11.6 Å². The lowest BCUT2D eigenvalue weighted by atomic mass is 10.1. The molecule has 2 rings (SSSR count). The van der Waals surface area contributed by atoms with Gasteiger partial charge >= 0.3 is 0 Å². The Hall–Kier alpha value is -2.03. The molecule has 0 saturated heterocycles. The second kappa shape index (κ2) is 5.95. The van der Waals surface area contributed by atoms with Crippen molar-refractivity contribution in [2.24, 2.45) is 0 Å². The normalized spacial score (nSPS) is 12.1. The smallest absolute Gasteiger partial charge is 0.165 e. The number of benzene rings is 2. The van der Waals surface area contributed by atoms with Crippen LogP contribution in [0.15, 0.2) is 36.4 Å². The first-order valence-electron chi connectivity index (χ1n) is 6.68. The van der Waals surface area contributed by atoms with Crippen molar-refractivity contribution in [1.29, 1.82) is 0 Å². The third-order valence-electron chi connectivity index (χ3n) is 3.57. The number of nitrogens with one attached hydrogen (secondary N) is 1. The number of aryl methyl sites for hydroxylation is 2. The van der Waals surface area contributed by atoms with Crippen LogP contribution >= 0.6 is 0 Å². The molecule has 0 bridgehead atoms. The van der Waals surface area contributed by atoms with Crippen LogP contribution in [0.5, 0.6) is 5.75 Å². The maximum absolute atomic E-state index is 13.7. The molecule has 0 fully saturated rings. The van der Waals surface area contributed by atoms with Crippen LogP contribution in [0.1, 0.15) is 29.7 Å². The van der Waals surface area contributed by atoms with Crippen LogP contribution in [0.3, 0.4) is 0 Å². The Morgan fingerprint density at radius 3 is 2.40 bits per heavy atom. The molecular weight excluding hydrogens is 253 g/mol. The molecule has 0 aliphatic rings. The van der Waals surface area contributed by atoms with Crippen molar-refractivity contribution in [2.75, 3.05) is 12.4 Å². The number of hydrogen-bond acceptors (Lipinski definition) is 2. The van der Waals surface area contributed by atoms with Crippen LogP contribution in [-0.2, 0) is 0 Å². The summed E-state index contributed by atoms with van der Waals surface area (Å²) in [6.45, 7) is 6.18. The summed E-state index contributed by atoms with van der Waals surface area (Å²) in [4.78, 5) is 0. The van der Waals surface area contributed by atoms with E-state index in [0.717, 1.165) is 11.3 Å². The first-order valence-corrected chi connectivity index (χ1v) is 6.68. The number of halogens is 1. The van der Waals surface area contributed by atoms with E-state index in [2.05, 4.69) is 31.3 Å². The molecule has 0 aliphatic heterocycles. The van der Waals surface area contributed by atoms with Crippen LogP contribution in [0.2, 0.25) is 0 Å². The van der Waals surface area contributed by atoms with Crippen molar-refractivity contribution < 1.29 is 9.13 Å². The summed E-state index contributed by atoms with van der Waals surface area (Å²) in [6, 6.07) is 11.3. The Morgan fingerprint density at radius 2 is 1.80 bits per heavy atom. The molecule has 0 aromatic heterocycles. The van der Waals surface area contributed by atoms with E-state index in [-0.39, 0.29) is 17.6 Å². The van der Waals surface area contributed by atoms with Crippen LogP contribution in [-0.4, -0.2) is 7.11 Å². The lowest BCUT2D eigenvalue weighted by molar-refractivity contribution is 0.386. The number of hydrogen-bond donors (Lipinski definition) is 1. The number of rotatable bonds is 4. The summed E-state index contributed by atoms with van der Waals surface area (Å²) in [5, 5.41) is 3.38. The van der Waals surface area contributed by atoms with E-state index in [4.69, 9.17) is 4.74 Å². The lowest BCUT2D eigenvalue weighted by Gasteiger charge is -2.17. The van der Waals surface area contributed by atoms with E-state index < -0.39 is 0 Å². The van der Waals surface area contributed by atoms with Crippen molar-refractivity contribution in [2.45, 2.75) is 26.8 Å². The van der Waals surface area contributed by atoms with Crippen molar-refractivity contribution in [3.05, 3.63) is 58.9 Å². The number of ether oxygens (including phenoxy) is 1. The van der Waals surface area contributed by atoms with E-state index in [1.54, 1.807) is 6.07 Å². The molecule has 2 nitrogen and oxygen atoms in total. The summed E-state index contributed by atoms with van der Waals surface area (Å²) in [7, 11) is 1.47. The molecule has 1 N–H and O–H groups in total. The molecule has 106 valence electrons. The molecule has 0 amide bonds. The van der Waals surface area contributed by atoms with E-state index in [1.165, 1.54) is 24.3 Å². The van der Waals surface area contributed by atoms with Crippen LogP contribution in [0.4, 0.5) is 10.1 Å². The zero-order valence-electron chi connectivity index (χ0n) is 12.3. The molecule has 2 aromatic rings. The minimum absolute atomic E-state index is 0.0255. The highest BCUT2D eigenvalue weighted by atomic mass is 19.1. The molecule has 2 aromatic carbocycles. The van der Waals surface area contributed by atoms with E-state index in [1.807, 2.05) is 19.1 Å². The second-order valence-corrected chi connectivity index (χ2v) is 5.06. The van der Waals surface area contributed by atoms with Crippen molar-refractivity contribution in [1.82, 2.24) is 0 Å². The van der Waals surface area contributed by atoms with Gasteiger partial charge in [0.2, 0.25) is 0 Å². The predicted molar refractivity (Wildman–Crippen MR) is 80.9 cm³/mol. The molecule has 0 spiro atoms. The van der Waals surface area contributed by atoms with Crippen LogP contribution < -0.4 is 10.1 Å². The molecule has 0 heterocycles. The monoisotopic (exact) mass is 273 g/mol. The van der Waals surface area contributed by atoms with Gasteiger partial charge in [-0.3, -0.25) is 0 Å². The third-order valence-corrected chi connectivity index (χ3v) is 3.57. The van der Waals surface area contributed by atoms with Gasteiger partial charge in [-0.05, 0) is 61.7 Å². The Labute approximate surface area is 119 Å². The molecule has 0 aliphatic carbocycles. The Kier molecular flexibility index (Phi) is 4.28. The topological polar surface area (TPSA) is 21.3 Å². The Balaban J connectivity index is 2.17. The fourth-order valence-corrected chi connectivity index (χ4v) is 2.12. The molecule has 1 unspecified atom stereocenters. The highest BCUT2D eigenvalue weighted by molar-refractivity contribution is 5.50. The molecular formula is C17H20FNO. The van der Waals surface area contributed by atoms with Gasteiger partial charge in [-0.1, -0.05) is 12.1 Å². The Morgan fingerprint density at radius 1 is 1.05 bits per heavy atom. The fraction of sp³-hybridized carbons (Fsp3) is 0.294. The van der Waals surface area contributed by atoms with Gasteiger partial charge in [0.25, 0.3) is 0 Å². The molecule has 0 radical (unpaired) electrons. The molecule has 1 atom stereocenters. The molecule has 20 heavy (non-hydrogen) atoms. The highest BCUT2D eigenvalue weighted by Crippen LogP contribution is 2.25. The van der Waals surface area contributed by atoms with Crippen LogP contribution in [0, 0.1) is 19.7 Å². The number of methoxy groups -OCH3 is 1. The first kappa shape index (κ1) is 14.4. The minimum atomic E-state index is -0.335. The number of anilines is 1. The van der Waals surface area contributed by atoms with E-state index in [0.29, 0.717) is 0 Å². The van der Waals surface area contributed by atoms with E-state index in [9.17, 15) is 4.39 Å². The summed E-state index contributed by atoms with van der Waals surface area (Å²) >= 11 is 0. The van der Waals surface area contributed by atoms with E-state index >= 15 is 0 Å². The average molecular weight is 273 g/mol. The van der Waals surface area contributed by atoms with Crippen molar-refractivity contribution in [3.63, 3.8) is 0 Å². The predicted octanol–water partition coefficient (Wildman–Crippen LogP) is 4.62. The largest absolute Gasteiger partial charge is 0.494 e. The maximum atomic E-state index is 13.7. The summed E-state index contributed by atoms with van der Waals surface area (Å²) in [5.41, 5.74) is 4.43. The maximum Gasteiger partial charge on any atom is 0.165 e. The SMILES string of the molecule is COc1ccc(C(C)Nc2ccc(C)c(C)c2)cc1F. The summed E-state index contributed by atoms with van der Waals surface area (Å²) in [6.07, 6.45) is 0. The summed E-state index contributed by atoms with van der Waals surface area (Å²) < 4.78 is 18.6. The molecule has 0 saturated carbocycles. The minimum Gasteiger partial charge on any atom is -0.494 e.